The van der Waals surface area contributed by atoms with Crippen molar-refractivity contribution in [3.05, 3.63) is 59.1 Å². The number of rotatable bonds is 6. The number of halogens is 1. The van der Waals surface area contributed by atoms with Crippen molar-refractivity contribution >= 4 is 39.0 Å². The fraction of sp³-hybridized carbons (Fsp3) is 0.150. The second-order valence-electron chi connectivity index (χ2n) is 6.27. The molecule has 0 fully saturated rings. The van der Waals surface area contributed by atoms with E-state index >= 15 is 0 Å². The first-order valence-corrected chi connectivity index (χ1v) is 11.0. The number of methoxy groups -OCH3 is 2. The number of anilines is 2. The molecule has 1 heterocycles. The molecule has 3 aromatic rings. The molecule has 0 spiro atoms. The van der Waals surface area contributed by atoms with Crippen LogP contribution in [0.5, 0.6) is 17.5 Å². The Hall–Kier alpha value is -3.37. The third-order valence-electron chi connectivity index (χ3n) is 4.18. The van der Waals surface area contributed by atoms with Crippen LogP contribution in [-0.4, -0.2) is 49.9 Å². The van der Waals surface area contributed by atoms with Gasteiger partial charge in [0.2, 0.25) is 17.7 Å². The Bertz CT molecular complexity index is 1230. The Morgan fingerprint density at radius 1 is 1.03 bits per heavy atom. The molecule has 0 saturated heterocycles. The normalized spacial score (nSPS) is 11.1. The summed E-state index contributed by atoms with van der Waals surface area (Å²) in [5.41, 5.74) is -0.203. The number of phenols is 1. The highest BCUT2D eigenvalue weighted by Crippen LogP contribution is 2.37. The summed E-state index contributed by atoms with van der Waals surface area (Å²) in [4.78, 5) is 22.5. The Kier molecular flexibility index (Phi) is 6.32. The smallest absolute Gasteiger partial charge is 0.269 e. The summed E-state index contributed by atoms with van der Waals surface area (Å²) in [6, 6.07) is 11.4. The van der Waals surface area contributed by atoms with Gasteiger partial charge in [-0.3, -0.25) is 4.79 Å². The summed E-state index contributed by atoms with van der Waals surface area (Å²) in [7, 11) is -1.15. The van der Waals surface area contributed by atoms with E-state index in [-0.39, 0.29) is 44.6 Å². The van der Waals surface area contributed by atoms with E-state index in [9.17, 15) is 18.3 Å². The Balaban J connectivity index is 2.37. The molecule has 0 radical (unpaired) electrons. The lowest BCUT2D eigenvalue weighted by Gasteiger charge is -2.24. The third kappa shape index (κ3) is 4.54. The zero-order chi connectivity index (χ0) is 22.8. The minimum absolute atomic E-state index is 0.0693. The standard InChI is InChI=1S/C20H18ClN3O6S/c1-29-16-11-17(30-2)23-20(22-16)24(19(26)12-7-4-5-10-15(12)25)14-9-6-8-13(21)18(14)31(3,27)28/h4-11,25H,1-3H3. The van der Waals surface area contributed by atoms with E-state index in [2.05, 4.69) is 9.97 Å². The first-order chi connectivity index (χ1) is 14.7. The molecule has 162 valence electrons. The fourth-order valence-electron chi connectivity index (χ4n) is 2.82. The summed E-state index contributed by atoms with van der Waals surface area (Å²) >= 11 is 6.19. The second-order valence-corrected chi connectivity index (χ2v) is 8.63. The minimum Gasteiger partial charge on any atom is -0.507 e. The lowest BCUT2D eigenvalue weighted by molar-refractivity contribution is 0.0995. The Morgan fingerprint density at radius 3 is 2.19 bits per heavy atom. The number of amides is 1. The maximum atomic E-state index is 13.5. The van der Waals surface area contributed by atoms with Crippen LogP contribution in [0.2, 0.25) is 5.02 Å². The molecule has 11 heteroatoms. The highest BCUT2D eigenvalue weighted by Gasteiger charge is 2.31. The first-order valence-electron chi connectivity index (χ1n) is 8.75. The predicted molar refractivity (Wildman–Crippen MR) is 114 cm³/mol. The third-order valence-corrected chi connectivity index (χ3v) is 5.78. The van der Waals surface area contributed by atoms with Gasteiger partial charge in [-0.15, -0.1) is 0 Å². The van der Waals surface area contributed by atoms with Gasteiger partial charge in [0.15, 0.2) is 9.84 Å². The number of benzene rings is 2. The van der Waals surface area contributed by atoms with E-state index in [0.717, 1.165) is 11.2 Å². The molecule has 1 aromatic heterocycles. The Labute approximate surface area is 183 Å². The molecular weight excluding hydrogens is 446 g/mol. The first kappa shape index (κ1) is 22.3. The van der Waals surface area contributed by atoms with Gasteiger partial charge in [0, 0.05) is 6.26 Å². The van der Waals surface area contributed by atoms with Gasteiger partial charge in [0.1, 0.15) is 10.6 Å². The number of aromatic hydroxyl groups is 1. The van der Waals surface area contributed by atoms with Crippen molar-refractivity contribution < 1.29 is 27.8 Å². The van der Waals surface area contributed by atoms with Crippen LogP contribution in [0.4, 0.5) is 11.6 Å². The van der Waals surface area contributed by atoms with Crippen LogP contribution in [0.3, 0.4) is 0 Å². The monoisotopic (exact) mass is 463 g/mol. The van der Waals surface area contributed by atoms with Crippen LogP contribution in [-0.2, 0) is 9.84 Å². The SMILES string of the molecule is COc1cc(OC)nc(N(C(=O)c2ccccc2O)c2cccc(Cl)c2S(C)(=O)=O)n1. The maximum absolute atomic E-state index is 13.5. The zero-order valence-corrected chi connectivity index (χ0v) is 18.3. The average Bonchev–Trinajstić information content (AvgIpc) is 2.73. The highest BCUT2D eigenvalue weighted by atomic mass is 35.5. The molecule has 0 bridgehead atoms. The van der Waals surface area contributed by atoms with Crippen LogP contribution in [0.1, 0.15) is 10.4 Å². The number of nitrogens with zero attached hydrogens (tertiary/aromatic N) is 3. The quantitative estimate of drug-likeness (QED) is 0.591. The number of carbonyl (C=O) groups excluding carboxylic acids is 1. The van der Waals surface area contributed by atoms with Crippen LogP contribution in [0, 0.1) is 0 Å². The van der Waals surface area contributed by atoms with Crippen molar-refractivity contribution in [3.8, 4) is 17.5 Å². The molecule has 0 unspecified atom stereocenters. The van der Waals surface area contributed by atoms with E-state index in [4.69, 9.17) is 21.1 Å². The van der Waals surface area contributed by atoms with Crippen LogP contribution >= 0.6 is 11.6 Å². The van der Waals surface area contributed by atoms with Crippen molar-refractivity contribution in [3.63, 3.8) is 0 Å². The molecule has 3 rings (SSSR count). The summed E-state index contributed by atoms with van der Waals surface area (Å²) in [5.74, 6) is -1.20. The predicted octanol–water partition coefficient (Wildman–Crippen LogP) is 3.23. The number of ether oxygens (including phenoxy) is 2. The summed E-state index contributed by atoms with van der Waals surface area (Å²) < 4.78 is 35.3. The molecule has 2 aromatic carbocycles. The molecule has 9 nitrogen and oxygen atoms in total. The summed E-state index contributed by atoms with van der Waals surface area (Å²) in [6.45, 7) is 0. The van der Waals surface area contributed by atoms with Crippen LogP contribution in [0.25, 0.3) is 0 Å². The van der Waals surface area contributed by atoms with Crippen molar-refractivity contribution in [1.82, 2.24) is 9.97 Å². The van der Waals surface area contributed by atoms with Gasteiger partial charge >= 0.3 is 0 Å². The summed E-state index contributed by atoms with van der Waals surface area (Å²) in [5, 5.41) is 10.1. The van der Waals surface area contributed by atoms with Crippen LogP contribution < -0.4 is 14.4 Å². The molecule has 0 aliphatic rings. The molecule has 0 aliphatic heterocycles. The molecule has 0 saturated carbocycles. The fourth-order valence-corrected chi connectivity index (χ4v) is 4.38. The molecule has 31 heavy (non-hydrogen) atoms. The van der Waals surface area contributed by atoms with Crippen molar-refractivity contribution in [2.75, 3.05) is 25.4 Å². The van der Waals surface area contributed by atoms with Gasteiger partial charge in [0.25, 0.3) is 5.91 Å². The maximum Gasteiger partial charge on any atom is 0.269 e. The van der Waals surface area contributed by atoms with E-state index < -0.39 is 15.7 Å². The number of phenolic OH excluding ortho intramolecular Hbond substituents is 1. The lowest BCUT2D eigenvalue weighted by Crippen LogP contribution is -2.29. The molecule has 1 N–H and O–H groups in total. The molecular formula is C20H18ClN3O6S. The number of para-hydroxylation sites is 1. The number of hydrogen-bond donors (Lipinski definition) is 1. The number of carbonyl (C=O) groups is 1. The summed E-state index contributed by atoms with van der Waals surface area (Å²) in [6.07, 6.45) is 0.966. The van der Waals surface area contributed by atoms with E-state index in [0.29, 0.717) is 0 Å². The molecule has 0 atom stereocenters. The Morgan fingerprint density at radius 2 is 1.65 bits per heavy atom. The largest absolute Gasteiger partial charge is 0.507 e. The van der Waals surface area contributed by atoms with E-state index in [1.54, 1.807) is 12.1 Å². The van der Waals surface area contributed by atoms with Gasteiger partial charge in [0.05, 0.1) is 36.6 Å². The van der Waals surface area contributed by atoms with Gasteiger partial charge in [-0.25, -0.2) is 13.3 Å². The topological polar surface area (TPSA) is 119 Å². The zero-order valence-electron chi connectivity index (χ0n) is 16.7. The second kappa shape index (κ2) is 8.78. The van der Waals surface area contributed by atoms with Gasteiger partial charge in [-0.1, -0.05) is 29.8 Å². The van der Waals surface area contributed by atoms with Crippen molar-refractivity contribution in [2.45, 2.75) is 4.90 Å². The number of hydrogen-bond acceptors (Lipinski definition) is 8. The van der Waals surface area contributed by atoms with Gasteiger partial charge in [-0.2, -0.15) is 9.97 Å². The minimum atomic E-state index is -3.88. The number of aromatic nitrogens is 2. The average molecular weight is 464 g/mol. The van der Waals surface area contributed by atoms with Gasteiger partial charge in [-0.05, 0) is 24.3 Å². The van der Waals surface area contributed by atoms with Crippen molar-refractivity contribution in [1.29, 1.82) is 0 Å². The number of sulfone groups is 1. The lowest BCUT2D eigenvalue weighted by atomic mass is 10.1. The van der Waals surface area contributed by atoms with Gasteiger partial charge < -0.3 is 14.6 Å². The van der Waals surface area contributed by atoms with Crippen LogP contribution in [0.15, 0.2) is 53.4 Å². The van der Waals surface area contributed by atoms with E-state index in [1.807, 2.05) is 0 Å². The highest BCUT2D eigenvalue weighted by molar-refractivity contribution is 7.91. The molecule has 0 aliphatic carbocycles. The van der Waals surface area contributed by atoms with E-state index in [1.165, 1.54) is 50.6 Å². The van der Waals surface area contributed by atoms with Crippen molar-refractivity contribution in [2.24, 2.45) is 0 Å². The molecule has 1 amide bonds.